The van der Waals surface area contributed by atoms with Gasteiger partial charge in [-0.15, -0.1) is 0 Å². The first-order chi connectivity index (χ1) is 11.3. The third-order valence-electron chi connectivity index (χ3n) is 4.26. The zero-order valence-electron chi connectivity index (χ0n) is 13.4. The highest BCUT2D eigenvalue weighted by molar-refractivity contribution is 5.76. The number of fused-ring (bicyclic) bond motifs is 1. The zero-order valence-corrected chi connectivity index (χ0v) is 13.4. The Morgan fingerprint density at radius 3 is 3.17 bits per heavy atom. The molecule has 0 spiro atoms. The summed E-state index contributed by atoms with van der Waals surface area (Å²) in [4.78, 5) is 16.1. The van der Waals surface area contributed by atoms with E-state index in [1.807, 2.05) is 6.07 Å². The van der Waals surface area contributed by atoms with E-state index in [9.17, 15) is 4.79 Å². The number of ether oxygens (including phenoxy) is 1. The Morgan fingerprint density at radius 1 is 1.48 bits per heavy atom. The van der Waals surface area contributed by atoms with E-state index in [4.69, 9.17) is 4.74 Å². The molecule has 0 bridgehead atoms. The average molecular weight is 314 g/mol. The first-order valence-electron chi connectivity index (χ1n) is 8.05. The maximum atomic E-state index is 12.2. The molecule has 1 aliphatic carbocycles. The van der Waals surface area contributed by atoms with E-state index >= 15 is 0 Å². The first-order valence-corrected chi connectivity index (χ1v) is 8.05. The lowest BCUT2D eigenvalue weighted by Gasteiger charge is -2.26. The van der Waals surface area contributed by atoms with Crippen molar-refractivity contribution in [2.75, 3.05) is 7.11 Å². The number of carbonyl (C=O) groups excluding carboxylic acids is 1. The van der Waals surface area contributed by atoms with Gasteiger partial charge in [-0.05, 0) is 48.9 Å². The molecule has 1 heterocycles. The molecule has 1 atom stereocenters. The number of hydrogen-bond donors (Lipinski definition) is 1. The molecule has 0 radical (unpaired) electrons. The Hall–Kier alpha value is -2.37. The van der Waals surface area contributed by atoms with Gasteiger partial charge in [-0.1, -0.05) is 6.07 Å². The normalized spacial score (nSPS) is 16.7. The molecule has 1 aromatic heterocycles. The van der Waals surface area contributed by atoms with Gasteiger partial charge in [-0.25, -0.2) is 4.98 Å². The van der Waals surface area contributed by atoms with E-state index in [0.717, 1.165) is 31.4 Å². The van der Waals surface area contributed by atoms with Crippen LogP contribution in [0.1, 0.15) is 42.9 Å². The van der Waals surface area contributed by atoms with Crippen molar-refractivity contribution < 1.29 is 9.53 Å². The summed E-state index contributed by atoms with van der Waals surface area (Å²) in [5.74, 6) is 0.974. The van der Waals surface area contributed by atoms with Crippen molar-refractivity contribution in [1.29, 1.82) is 0 Å². The van der Waals surface area contributed by atoms with Crippen LogP contribution < -0.4 is 10.1 Å². The van der Waals surface area contributed by atoms with E-state index in [-0.39, 0.29) is 11.9 Å². The molecule has 0 unspecified atom stereocenters. The number of rotatable bonds is 6. The molecule has 1 aromatic carbocycles. The minimum atomic E-state index is 0.0961. The van der Waals surface area contributed by atoms with Gasteiger partial charge in [0.25, 0.3) is 0 Å². The molecule has 1 N–H and O–H groups in total. The predicted octanol–water partition coefficient (Wildman–Crippen LogP) is 2.26. The van der Waals surface area contributed by atoms with Crippen molar-refractivity contribution in [2.45, 2.75) is 44.7 Å². The molecular weight excluding hydrogens is 292 g/mol. The Labute approximate surface area is 135 Å². The van der Waals surface area contributed by atoms with Crippen LogP contribution in [0.15, 0.2) is 30.9 Å². The average Bonchev–Trinajstić information content (AvgIpc) is 3.08. The van der Waals surface area contributed by atoms with Crippen LogP contribution in [0.2, 0.25) is 0 Å². The smallest absolute Gasteiger partial charge is 0.220 e. The monoisotopic (exact) mass is 314 g/mol. The number of aromatic nitrogens is 3. The number of methoxy groups -OCH3 is 1. The fourth-order valence-electron chi connectivity index (χ4n) is 3.08. The summed E-state index contributed by atoms with van der Waals surface area (Å²) in [6.07, 6.45) is 7.57. The second kappa shape index (κ2) is 7.26. The SMILES string of the molecule is COc1ccc2c(c1)CCC[C@@H]2NC(=O)CCCn1cncn1. The van der Waals surface area contributed by atoms with Crippen LogP contribution in [-0.2, 0) is 17.8 Å². The van der Waals surface area contributed by atoms with Crippen LogP contribution in [0.4, 0.5) is 0 Å². The van der Waals surface area contributed by atoms with Gasteiger partial charge in [0.15, 0.2) is 0 Å². The standard InChI is InChI=1S/C17H22N4O2/c1-23-14-7-8-15-13(10-14)4-2-5-16(15)20-17(22)6-3-9-21-12-18-11-19-21/h7-8,10-12,16H,2-6,9H2,1H3,(H,20,22)/t16-/m0/s1. The van der Waals surface area contributed by atoms with Crippen molar-refractivity contribution in [3.05, 3.63) is 42.0 Å². The van der Waals surface area contributed by atoms with Gasteiger partial charge in [-0.3, -0.25) is 9.48 Å². The summed E-state index contributed by atoms with van der Waals surface area (Å²) in [5.41, 5.74) is 2.50. The van der Waals surface area contributed by atoms with E-state index in [1.165, 1.54) is 17.5 Å². The predicted molar refractivity (Wildman–Crippen MR) is 86.1 cm³/mol. The van der Waals surface area contributed by atoms with Crippen molar-refractivity contribution >= 4 is 5.91 Å². The van der Waals surface area contributed by atoms with Gasteiger partial charge in [0, 0.05) is 13.0 Å². The number of carbonyl (C=O) groups is 1. The Balaban J connectivity index is 1.55. The minimum absolute atomic E-state index is 0.0961. The second-order valence-corrected chi connectivity index (χ2v) is 5.84. The Morgan fingerprint density at radius 2 is 2.39 bits per heavy atom. The van der Waals surface area contributed by atoms with Crippen molar-refractivity contribution in [2.24, 2.45) is 0 Å². The summed E-state index contributed by atoms with van der Waals surface area (Å²) < 4.78 is 7.03. The van der Waals surface area contributed by atoms with Gasteiger partial charge in [0.2, 0.25) is 5.91 Å². The Bertz CT molecular complexity index is 655. The fourth-order valence-corrected chi connectivity index (χ4v) is 3.08. The summed E-state index contributed by atoms with van der Waals surface area (Å²) in [6, 6.07) is 6.24. The van der Waals surface area contributed by atoms with E-state index in [1.54, 1.807) is 18.1 Å². The molecule has 6 nitrogen and oxygen atoms in total. The molecule has 23 heavy (non-hydrogen) atoms. The number of aryl methyl sites for hydroxylation is 2. The molecule has 6 heteroatoms. The Kier molecular flexibility index (Phi) is 4.90. The van der Waals surface area contributed by atoms with Crippen LogP contribution in [0.25, 0.3) is 0 Å². The fraction of sp³-hybridized carbons (Fsp3) is 0.471. The van der Waals surface area contributed by atoms with E-state index in [2.05, 4.69) is 27.5 Å². The topological polar surface area (TPSA) is 69.0 Å². The number of nitrogens with one attached hydrogen (secondary N) is 1. The minimum Gasteiger partial charge on any atom is -0.497 e. The molecule has 0 saturated heterocycles. The summed E-state index contributed by atoms with van der Waals surface area (Å²) in [6.45, 7) is 0.714. The third kappa shape index (κ3) is 3.88. The van der Waals surface area contributed by atoms with Crippen molar-refractivity contribution in [3.8, 4) is 5.75 Å². The summed E-state index contributed by atoms with van der Waals surface area (Å²) in [7, 11) is 1.68. The number of hydrogen-bond acceptors (Lipinski definition) is 4. The van der Waals surface area contributed by atoms with Gasteiger partial charge < -0.3 is 10.1 Å². The number of benzene rings is 1. The highest BCUT2D eigenvalue weighted by atomic mass is 16.5. The molecule has 3 rings (SSSR count). The molecule has 1 aliphatic rings. The maximum absolute atomic E-state index is 12.2. The quantitative estimate of drug-likeness (QED) is 0.888. The molecule has 0 saturated carbocycles. The van der Waals surface area contributed by atoms with Crippen LogP contribution in [0.3, 0.4) is 0 Å². The lowest BCUT2D eigenvalue weighted by Crippen LogP contribution is -2.31. The first kappa shape index (κ1) is 15.5. The summed E-state index contributed by atoms with van der Waals surface area (Å²) in [5, 5.41) is 7.20. The molecule has 1 amide bonds. The highest BCUT2D eigenvalue weighted by Gasteiger charge is 2.22. The lowest BCUT2D eigenvalue weighted by molar-refractivity contribution is -0.122. The van der Waals surface area contributed by atoms with Gasteiger partial charge in [0.1, 0.15) is 18.4 Å². The zero-order chi connectivity index (χ0) is 16.1. The van der Waals surface area contributed by atoms with Crippen LogP contribution in [0.5, 0.6) is 5.75 Å². The second-order valence-electron chi connectivity index (χ2n) is 5.84. The van der Waals surface area contributed by atoms with Gasteiger partial charge in [0.05, 0.1) is 13.2 Å². The van der Waals surface area contributed by atoms with Crippen molar-refractivity contribution in [3.63, 3.8) is 0 Å². The lowest BCUT2D eigenvalue weighted by atomic mass is 9.87. The summed E-state index contributed by atoms with van der Waals surface area (Å²) >= 11 is 0. The van der Waals surface area contributed by atoms with Gasteiger partial charge in [-0.2, -0.15) is 5.10 Å². The molecule has 0 fully saturated rings. The molecule has 2 aromatic rings. The van der Waals surface area contributed by atoms with Crippen LogP contribution >= 0.6 is 0 Å². The largest absolute Gasteiger partial charge is 0.497 e. The van der Waals surface area contributed by atoms with Crippen molar-refractivity contribution in [1.82, 2.24) is 20.1 Å². The number of nitrogens with zero attached hydrogens (tertiary/aromatic N) is 3. The molecule has 122 valence electrons. The highest BCUT2D eigenvalue weighted by Crippen LogP contribution is 2.32. The third-order valence-corrected chi connectivity index (χ3v) is 4.26. The van der Waals surface area contributed by atoms with Crippen LogP contribution in [0, 0.1) is 0 Å². The van der Waals surface area contributed by atoms with Crippen LogP contribution in [-0.4, -0.2) is 27.8 Å². The van der Waals surface area contributed by atoms with E-state index < -0.39 is 0 Å². The molecule has 0 aliphatic heterocycles. The van der Waals surface area contributed by atoms with Gasteiger partial charge >= 0.3 is 0 Å². The number of amides is 1. The molecular formula is C17H22N4O2. The maximum Gasteiger partial charge on any atom is 0.220 e. The van der Waals surface area contributed by atoms with E-state index in [0.29, 0.717) is 13.0 Å².